The molecule has 0 bridgehead atoms. The van der Waals surface area contributed by atoms with Crippen molar-refractivity contribution in [2.24, 2.45) is 0 Å². The van der Waals surface area contributed by atoms with Gasteiger partial charge in [-0.1, -0.05) is 0 Å². The zero-order chi connectivity index (χ0) is 13.8. The summed E-state index contributed by atoms with van der Waals surface area (Å²) in [5.41, 5.74) is 1.17. The number of aromatic hydroxyl groups is 1. The van der Waals surface area contributed by atoms with Crippen LogP contribution < -0.4 is 4.57 Å². The maximum atomic E-state index is 10.9. The quantitative estimate of drug-likeness (QED) is 0.638. The van der Waals surface area contributed by atoms with Crippen LogP contribution in [0, 0.1) is 0 Å². The molecule has 2 aromatic rings. The van der Waals surface area contributed by atoms with Crippen molar-refractivity contribution in [3.05, 3.63) is 59.4 Å². The number of carbonyl (C=O) groups excluding carboxylic acids is 1. The van der Waals surface area contributed by atoms with E-state index in [2.05, 4.69) is 0 Å². The number of phenolic OH excluding ortho intramolecular Hbond substituents is 1. The lowest BCUT2D eigenvalue weighted by Crippen LogP contribution is -2.34. The summed E-state index contributed by atoms with van der Waals surface area (Å²) >= 11 is 0. The van der Waals surface area contributed by atoms with E-state index in [1.54, 1.807) is 22.9 Å². The molecule has 0 saturated heterocycles. The summed E-state index contributed by atoms with van der Waals surface area (Å²) in [6, 6.07) is 7.64. The van der Waals surface area contributed by atoms with Gasteiger partial charge >= 0.3 is 5.97 Å². The Morgan fingerprint density at radius 3 is 2.79 bits per heavy atom. The zero-order valence-corrected chi connectivity index (χ0v) is 9.98. The van der Waals surface area contributed by atoms with Gasteiger partial charge < -0.3 is 10.2 Å². The predicted octanol–water partition coefficient (Wildman–Crippen LogP) is 1.24. The Hall–Kier alpha value is -2.69. The summed E-state index contributed by atoms with van der Waals surface area (Å²) in [6.45, 7) is 0.286. The van der Waals surface area contributed by atoms with Crippen LogP contribution in [0.4, 0.5) is 0 Å². The maximum absolute atomic E-state index is 10.9. The molecule has 2 rings (SSSR count). The summed E-state index contributed by atoms with van der Waals surface area (Å²) < 4.78 is 1.63. The van der Waals surface area contributed by atoms with Gasteiger partial charge in [0.25, 0.3) is 0 Å². The zero-order valence-electron chi connectivity index (χ0n) is 9.98. The van der Waals surface area contributed by atoms with E-state index in [4.69, 9.17) is 5.11 Å². The lowest BCUT2D eigenvalue weighted by molar-refractivity contribution is -0.688. The third kappa shape index (κ3) is 2.95. The van der Waals surface area contributed by atoms with Gasteiger partial charge in [0.2, 0.25) is 0 Å². The van der Waals surface area contributed by atoms with Gasteiger partial charge in [0.15, 0.2) is 18.9 Å². The number of nitrogens with zero attached hydrogens (tertiary/aromatic N) is 1. The van der Waals surface area contributed by atoms with Crippen molar-refractivity contribution in [2.75, 3.05) is 0 Å². The van der Waals surface area contributed by atoms with Gasteiger partial charge in [-0.2, -0.15) is 4.57 Å². The first-order valence-electron chi connectivity index (χ1n) is 5.59. The van der Waals surface area contributed by atoms with E-state index in [0.717, 1.165) is 0 Å². The molecule has 0 atom stereocenters. The maximum Gasteiger partial charge on any atom is 0.341 e. The molecule has 0 amide bonds. The average molecular weight is 258 g/mol. The van der Waals surface area contributed by atoms with Gasteiger partial charge in [-0.3, -0.25) is 4.79 Å². The number of aldehydes is 1. The van der Waals surface area contributed by atoms with Crippen molar-refractivity contribution < 1.29 is 24.4 Å². The van der Waals surface area contributed by atoms with E-state index in [1.165, 1.54) is 24.4 Å². The molecule has 1 aromatic carbocycles. The molecule has 0 aliphatic rings. The summed E-state index contributed by atoms with van der Waals surface area (Å²) in [5, 5.41) is 18.6. The standard InChI is InChI=1S/C14H11NO4/c16-9-10-3-4-13(17)12(6-10)8-15-5-1-2-11(7-15)14(18)19/h1-7,9H,8H2,(H-,16,17,18,19)/p+1. The molecular formula is C14H12NO4+. The molecule has 0 fully saturated rings. The molecule has 0 saturated carbocycles. The Morgan fingerprint density at radius 1 is 1.32 bits per heavy atom. The van der Waals surface area contributed by atoms with Gasteiger partial charge in [0.05, 0.1) is 5.56 Å². The molecule has 2 N–H and O–H groups in total. The number of pyridine rings is 1. The Labute approximate surface area is 109 Å². The predicted molar refractivity (Wildman–Crippen MR) is 66.2 cm³/mol. The van der Waals surface area contributed by atoms with E-state index < -0.39 is 5.97 Å². The van der Waals surface area contributed by atoms with Crippen LogP contribution in [0.5, 0.6) is 5.75 Å². The minimum atomic E-state index is -1.01. The Morgan fingerprint density at radius 2 is 2.11 bits per heavy atom. The van der Waals surface area contributed by atoms with E-state index in [-0.39, 0.29) is 17.9 Å². The monoisotopic (exact) mass is 258 g/mol. The smallest absolute Gasteiger partial charge is 0.341 e. The van der Waals surface area contributed by atoms with Crippen LogP contribution in [-0.2, 0) is 6.54 Å². The minimum absolute atomic E-state index is 0.0684. The fourth-order valence-electron chi connectivity index (χ4n) is 1.75. The highest BCUT2D eigenvalue weighted by Crippen LogP contribution is 2.17. The summed E-state index contributed by atoms with van der Waals surface area (Å²) in [4.78, 5) is 21.6. The molecular weight excluding hydrogens is 246 g/mol. The number of carboxylic acid groups (broad SMARTS) is 1. The van der Waals surface area contributed by atoms with Gasteiger partial charge in [-0.05, 0) is 24.3 Å². The van der Waals surface area contributed by atoms with Crippen LogP contribution in [0.25, 0.3) is 0 Å². The number of benzene rings is 1. The number of hydrogen-bond acceptors (Lipinski definition) is 3. The van der Waals surface area contributed by atoms with Gasteiger partial charge in [0, 0.05) is 11.6 Å². The first kappa shape index (κ1) is 12.8. The van der Waals surface area contributed by atoms with Gasteiger partial charge in [0.1, 0.15) is 17.6 Å². The lowest BCUT2D eigenvalue weighted by atomic mass is 10.1. The highest BCUT2D eigenvalue weighted by atomic mass is 16.4. The average Bonchev–Trinajstić information content (AvgIpc) is 2.41. The van der Waals surface area contributed by atoms with E-state index in [0.29, 0.717) is 17.4 Å². The van der Waals surface area contributed by atoms with Crippen LogP contribution in [0.15, 0.2) is 42.7 Å². The summed E-state index contributed by atoms with van der Waals surface area (Å²) in [6.07, 6.45) is 3.86. The van der Waals surface area contributed by atoms with E-state index in [9.17, 15) is 14.7 Å². The molecule has 0 radical (unpaired) electrons. The van der Waals surface area contributed by atoms with Crippen LogP contribution in [0.2, 0.25) is 0 Å². The third-order valence-electron chi connectivity index (χ3n) is 2.70. The van der Waals surface area contributed by atoms with Crippen LogP contribution in [-0.4, -0.2) is 22.5 Å². The molecule has 0 aliphatic heterocycles. The SMILES string of the molecule is O=Cc1ccc(O)c(C[n+]2cccc(C(=O)O)c2)c1. The molecule has 0 aliphatic carbocycles. The second-order valence-corrected chi connectivity index (χ2v) is 4.08. The molecule has 5 nitrogen and oxygen atoms in total. The fraction of sp³-hybridized carbons (Fsp3) is 0.0714. The number of carbonyl (C=O) groups is 2. The Balaban J connectivity index is 2.32. The van der Waals surface area contributed by atoms with Crippen molar-refractivity contribution in [2.45, 2.75) is 6.54 Å². The van der Waals surface area contributed by atoms with Crippen LogP contribution in [0.3, 0.4) is 0 Å². The van der Waals surface area contributed by atoms with Crippen molar-refractivity contribution in [3.8, 4) is 5.75 Å². The third-order valence-corrected chi connectivity index (χ3v) is 2.70. The Kier molecular flexibility index (Phi) is 3.56. The van der Waals surface area contributed by atoms with Gasteiger partial charge in [-0.25, -0.2) is 4.79 Å². The second-order valence-electron chi connectivity index (χ2n) is 4.08. The van der Waals surface area contributed by atoms with Gasteiger partial charge in [-0.15, -0.1) is 0 Å². The normalized spacial score (nSPS) is 10.1. The molecule has 0 unspecified atom stereocenters. The van der Waals surface area contributed by atoms with Crippen molar-refractivity contribution in [1.29, 1.82) is 0 Å². The second kappa shape index (κ2) is 5.30. The van der Waals surface area contributed by atoms with E-state index >= 15 is 0 Å². The summed E-state index contributed by atoms with van der Waals surface area (Å²) in [5.74, 6) is -0.945. The lowest BCUT2D eigenvalue weighted by Gasteiger charge is -2.02. The number of hydrogen-bond donors (Lipinski definition) is 2. The highest BCUT2D eigenvalue weighted by Gasteiger charge is 2.12. The first-order chi connectivity index (χ1) is 9.10. The number of aromatic nitrogens is 1. The fourth-order valence-corrected chi connectivity index (χ4v) is 1.75. The van der Waals surface area contributed by atoms with Crippen LogP contribution >= 0.6 is 0 Å². The molecule has 0 spiro atoms. The molecule has 19 heavy (non-hydrogen) atoms. The molecule has 1 aromatic heterocycles. The first-order valence-corrected chi connectivity index (χ1v) is 5.59. The number of aromatic carboxylic acids is 1. The van der Waals surface area contributed by atoms with Crippen molar-refractivity contribution >= 4 is 12.3 Å². The molecule has 1 heterocycles. The Bertz CT molecular complexity index is 637. The number of carboxylic acids is 1. The summed E-state index contributed by atoms with van der Waals surface area (Å²) in [7, 11) is 0. The molecule has 5 heteroatoms. The van der Waals surface area contributed by atoms with Crippen molar-refractivity contribution in [3.63, 3.8) is 0 Å². The van der Waals surface area contributed by atoms with E-state index in [1.807, 2.05) is 0 Å². The molecule has 96 valence electrons. The minimum Gasteiger partial charge on any atom is -0.507 e. The van der Waals surface area contributed by atoms with Crippen molar-refractivity contribution in [1.82, 2.24) is 0 Å². The topological polar surface area (TPSA) is 78.5 Å². The number of phenols is 1. The number of rotatable bonds is 4. The highest BCUT2D eigenvalue weighted by molar-refractivity contribution is 5.86. The largest absolute Gasteiger partial charge is 0.507 e. The van der Waals surface area contributed by atoms with Crippen LogP contribution in [0.1, 0.15) is 26.3 Å².